The molecule has 16 heavy (non-hydrogen) atoms. The minimum absolute atomic E-state index is 0.0109. The molecule has 0 aliphatic carbocycles. The van der Waals surface area contributed by atoms with Gasteiger partial charge in [-0.2, -0.15) is 0 Å². The van der Waals surface area contributed by atoms with Gasteiger partial charge in [0.25, 0.3) is 0 Å². The van der Waals surface area contributed by atoms with Crippen LogP contribution >= 0.6 is 0 Å². The number of nitrogens with one attached hydrogen (secondary N) is 2. The summed E-state index contributed by atoms with van der Waals surface area (Å²) in [7, 11) is 0. The Morgan fingerprint density at radius 2 is 2.38 bits per heavy atom. The summed E-state index contributed by atoms with van der Waals surface area (Å²) in [5.74, 6) is -0.0543. The summed E-state index contributed by atoms with van der Waals surface area (Å²) >= 11 is 0. The van der Waals surface area contributed by atoms with Crippen LogP contribution in [0.25, 0.3) is 0 Å². The van der Waals surface area contributed by atoms with Gasteiger partial charge >= 0.3 is 0 Å². The fourth-order valence-corrected chi connectivity index (χ4v) is 1.59. The Kier molecular flexibility index (Phi) is 5.25. The molecule has 92 valence electrons. The highest BCUT2D eigenvalue weighted by atomic mass is 16.2. The number of amides is 2. The van der Waals surface area contributed by atoms with Crippen molar-refractivity contribution in [2.24, 2.45) is 0 Å². The molecule has 1 heterocycles. The Hall–Kier alpha value is -1.10. The third-order valence-electron chi connectivity index (χ3n) is 2.76. The number of carbonyl (C=O) groups is 2. The second kappa shape index (κ2) is 6.48. The van der Waals surface area contributed by atoms with E-state index in [1.54, 1.807) is 4.90 Å². The quantitative estimate of drug-likeness (QED) is 0.694. The molecule has 2 amide bonds. The van der Waals surface area contributed by atoms with Crippen molar-refractivity contribution < 1.29 is 9.59 Å². The lowest BCUT2D eigenvalue weighted by atomic mass is 10.2. The van der Waals surface area contributed by atoms with Gasteiger partial charge in [0.05, 0.1) is 13.1 Å². The Morgan fingerprint density at radius 3 is 3.06 bits per heavy atom. The second-order valence-electron chi connectivity index (χ2n) is 4.22. The number of hydrogen-bond acceptors (Lipinski definition) is 3. The Morgan fingerprint density at radius 1 is 1.62 bits per heavy atom. The van der Waals surface area contributed by atoms with Gasteiger partial charge in [0, 0.05) is 12.6 Å². The average Bonchev–Trinajstić information content (AvgIpc) is 2.44. The molecule has 1 aliphatic heterocycles. The van der Waals surface area contributed by atoms with Gasteiger partial charge in [-0.25, -0.2) is 0 Å². The maximum absolute atomic E-state index is 11.6. The van der Waals surface area contributed by atoms with Crippen molar-refractivity contribution in [2.45, 2.75) is 32.7 Å². The largest absolute Gasteiger partial charge is 0.352 e. The van der Waals surface area contributed by atoms with Crippen molar-refractivity contribution in [1.82, 2.24) is 15.5 Å². The summed E-state index contributed by atoms with van der Waals surface area (Å²) in [6, 6.07) is 0.174. The molecule has 0 saturated carbocycles. The van der Waals surface area contributed by atoms with Gasteiger partial charge < -0.3 is 15.5 Å². The number of carbonyl (C=O) groups excluding carboxylic acids is 2. The van der Waals surface area contributed by atoms with Gasteiger partial charge in [0.1, 0.15) is 0 Å². The molecule has 0 aromatic rings. The average molecular weight is 227 g/mol. The van der Waals surface area contributed by atoms with Crippen LogP contribution in [0.5, 0.6) is 0 Å². The Balaban J connectivity index is 2.39. The minimum atomic E-state index is -0.0652. The summed E-state index contributed by atoms with van der Waals surface area (Å²) < 4.78 is 0. The van der Waals surface area contributed by atoms with Crippen LogP contribution in [-0.2, 0) is 9.59 Å². The van der Waals surface area contributed by atoms with E-state index in [0.29, 0.717) is 13.1 Å². The minimum Gasteiger partial charge on any atom is -0.352 e. The van der Waals surface area contributed by atoms with Crippen LogP contribution in [0.3, 0.4) is 0 Å². The first-order chi connectivity index (χ1) is 7.63. The van der Waals surface area contributed by atoms with Crippen LogP contribution in [0.1, 0.15) is 26.7 Å². The zero-order valence-corrected chi connectivity index (χ0v) is 10.1. The van der Waals surface area contributed by atoms with Gasteiger partial charge in [-0.05, 0) is 26.3 Å². The highest BCUT2D eigenvalue weighted by Gasteiger charge is 2.19. The monoisotopic (exact) mass is 227 g/mol. The first kappa shape index (κ1) is 13.0. The summed E-state index contributed by atoms with van der Waals surface area (Å²) in [4.78, 5) is 24.8. The molecule has 0 aromatic carbocycles. The molecule has 1 aliphatic rings. The van der Waals surface area contributed by atoms with Crippen LogP contribution in [0, 0.1) is 0 Å². The molecule has 1 atom stereocenters. The molecule has 0 bridgehead atoms. The second-order valence-corrected chi connectivity index (χ2v) is 4.22. The van der Waals surface area contributed by atoms with E-state index in [9.17, 15) is 9.59 Å². The lowest BCUT2D eigenvalue weighted by Gasteiger charge is -2.20. The van der Waals surface area contributed by atoms with Crippen LogP contribution in [0.4, 0.5) is 0 Å². The standard InChI is InChI=1S/C11H21N3O2/c1-3-9(2)13-10(15)8-14-6-4-5-12-7-11(14)16/h9,12H,3-8H2,1-2H3,(H,13,15). The molecular formula is C11H21N3O2. The Labute approximate surface area is 96.6 Å². The number of nitrogens with zero attached hydrogens (tertiary/aromatic N) is 1. The summed E-state index contributed by atoms with van der Waals surface area (Å²) in [5, 5.41) is 5.89. The van der Waals surface area contributed by atoms with Crippen molar-refractivity contribution in [3.05, 3.63) is 0 Å². The SMILES string of the molecule is CCC(C)NC(=O)CN1CCCNCC1=O. The predicted molar refractivity (Wildman–Crippen MR) is 62.0 cm³/mol. The molecule has 1 saturated heterocycles. The highest BCUT2D eigenvalue weighted by Crippen LogP contribution is 1.97. The molecule has 2 N–H and O–H groups in total. The molecule has 5 nitrogen and oxygen atoms in total. The molecule has 1 rings (SSSR count). The van der Waals surface area contributed by atoms with Crippen LogP contribution in [-0.4, -0.2) is 48.9 Å². The third kappa shape index (κ3) is 4.18. The predicted octanol–water partition coefficient (Wildman–Crippen LogP) is -0.277. The van der Waals surface area contributed by atoms with E-state index in [1.165, 1.54) is 0 Å². The molecule has 5 heteroatoms. The fraction of sp³-hybridized carbons (Fsp3) is 0.818. The van der Waals surface area contributed by atoms with Crippen molar-refractivity contribution in [3.63, 3.8) is 0 Å². The van der Waals surface area contributed by atoms with E-state index in [-0.39, 0.29) is 24.4 Å². The van der Waals surface area contributed by atoms with Gasteiger partial charge in [0.2, 0.25) is 11.8 Å². The van der Waals surface area contributed by atoms with Crippen molar-refractivity contribution in [3.8, 4) is 0 Å². The summed E-state index contributed by atoms with van der Waals surface area (Å²) in [5.41, 5.74) is 0. The fourth-order valence-electron chi connectivity index (χ4n) is 1.59. The van der Waals surface area contributed by atoms with Gasteiger partial charge in [-0.15, -0.1) is 0 Å². The Bertz CT molecular complexity index is 256. The maximum atomic E-state index is 11.6. The zero-order valence-electron chi connectivity index (χ0n) is 10.1. The van der Waals surface area contributed by atoms with E-state index in [1.807, 2.05) is 13.8 Å². The van der Waals surface area contributed by atoms with Crippen molar-refractivity contribution >= 4 is 11.8 Å². The third-order valence-corrected chi connectivity index (χ3v) is 2.76. The van der Waals surface area contributed by atoms with E-state index in [4.69, 9.17) is 0 Å². The van der Waals surface area contributed by atoms with Crippen LogP contribution in [0.2, 0.25) is 0 Å². The summed E-state index contributed by atoms with van der Waals surface area (Å²) in [6.07, 6.45) is 1.81. The maximum Gasteiger partial charge on any atom is 0.239 e. The molecule has 1 unspecified atom stereocenters. The van der Waals surface area contributed by atoms with Crippen molar-refractivity contribution in [2.75, 3.05) is 26.2 Å². The smallest absolute Gasteiger partial charge is 0.239 e. The molecule has 0 spiro atoms. The zero-order chi connectivity index (χ0) is 12.0. The lowest BCUT2D eigenvalue weighted by molar-refractivity contribution is -0.135. The van der Waals surface area contributed by atoms with E-state index >= 15 is 0 Å². The molecule has 1 fully saturated rings. The lowest BCUT2D eigenvalue weighted by Crippen LogP contribution is -2.44. The van der Waals surface area contributed by atoms with Crippen LogP contribution in [0.15, 0.2) is 0 Å². The van der Waals surface area contributed by atoms with Crippen LogP contribution < -0.4 is 10.6 Å². The normalized spacial score (nSPS) is 19.1. The van der Waals surface area contributed by atoms with E-state index < -0.39 is 0 Å². The van der Waals surface area contributed by atoms with E-state index in [0.717, 1.165) is 19.4 Å². The molecular weight excluding hydrogens is 206 g/mol. The number of hydrogen-bond donors (Lipinski definition) is 2. The van der Waals surface area contributed by atoms with Gasteiger partial charge in [0.15, 0.2) is 0 Å². The summed E-state index contributed by atoms with van der Waals surface area (Å²) in [6.45, 7) is 6.02. The first-order valence-electron chi connectivity index (χ1n) is 5.91. The van der Waals surface area contributed by atoms with Gasteiger partial charge in [-0.3, -0.25) is 9.59 Å². The van der Waals surface area contributed by atoms with Crippen molar-refractivity contribution in [1.29, 1.82) is 0 Å². The number of rotatable bonds is 4. The highest BCUT2D eigenvalue weighted by molar-refractivity contribution is 5.85. The topological polar surface area (TPSA) is 61.4 Å². The molecule has 0 aromatic heterocycles. The molecule has 0 radical (unpaired) electrons. The van der Waals surface area contributed by atoms with Gasteiger partial charge in [-0.1, -0.05) is 6.92 Å². The van der Waals surface area contributed by atoms with E-state index in [2.05, 4.69) is 10.6 Å². The first-order valence-corrected chi connectivity index (χ1v) is 5.91.